The van der Waals surface area contributed by atoms with Crippen molar-refractivity contribution in [3.05, 3.63) is 88.5 Å². The molecule has 0 aromatic heterocycles. The van der Waals surface area contributed by atoms with Gasteiger partial charge in [0.05, 0.1) is 19.6 Å². The third-order valence-electron chi connectivity index (χ3n) is 6.13. The standard InChI is InChI=1S/C28H29NO6/c1-5-34-27(32)24-22(17-9-7-6-8-10-17)23-20(30)15-28(2,3)16-21(23)35-26(24)29-25(31)18-11-13-19(33-4)14-12-18/h6-14,22H,5,15-16H2,1-4H3,(H,29,31). The van der Waals surface area contributed by atoms with Gasteiger partial charge in [-0.25, -0.2) is 4.79 Å². The largest absolute Gasteiger partial charge is 0.497 e. The Morgan fingerprint density at radius 3 is 2.37 bits per heavy atom. The number of nitrogens with one attached hydrogen (secondary N) is 1. The van der Waals surface area contributed by atoms with Crippen LogP contribution in [0.15, 0.2) is 77.4 Å². The van der Waals surface area contributed by atoms with Crippen molar-refractivity contribution in [3.63, 3.8) is 0 Å². The second-order valence-corrected chi connectivity index (χ2v) is 9.37. The van der Waals surface area contributed by atoms with Crippen molar-refractivity contribution in [2.45, 2.75) is 39.5 Å². The molecule has 7 heteroatoms. The molecule has 2 aromatic rings. The first-order valence-electron chi connectivity index (χ1n) is 11.6. The van der Waals surface area contributed by atoms with Gasteiger partial charge in [-0.3, -0.25) is 14.9 Å². The number of Topliss-reactive ketones (excluding diaryl/α,β-unsaturated/α-hetero) is 1. The fraction of sp³-hybridized carbons (Fsp3) is 0.321. The van der Waals surface area contributed by atoms with E-state index in [0.29, 0.717) is 35.5 Å². The summed E-state index contributed by atoms with van der Waals surface area (Å²) in [5.74, 6) is -0.817. The number of benzene rings is 2. The molecule has 182 valence electrons. The van der Waals surface area contributed by atoms with Gasteiger partial charge in [-0.05, 0) is 42.2 Å². The monoisotopic (exact) mass is 475 g/mol. The Bertz CT molecular complexity index is 1210. The molecule has 1 atom stereocenters. The predicted molar refractivity (Wildman–Crippen MR) is 129 cm³/mol. The van der Waals surface area contributed by atoms with Crippen LogP contribution in [-0.2, 0) is 19.1 Å². The number of carbonyl (C=O) groups is 3. The van der Waals surface area contributed by atoms with E-state index in [2.05, 4.69) is 5.32 Å². The number of allylic oxidation sites excluding steroid dienone is 2. The minimum Gasteiger partial charge on any atom is -0.497 e. The Hall–Kier alpha value is -3.87. The molecular weight excluding hydrogens is 446 g/mol. The molecule has 2 aliphatic rings. The molecule has 1 amide bonds. The van der Waals surface area contributed by atoms with E-state index in [1.54, 1.807) is 38.3 Å². The summed E-state index contributed by atoms with van der Waals surface area (Å²) in [7, 11) is 1.55. The van der Waals surface area contributed by atoms with Gasteiger partial charge in [0.15, 0.2) is 5.78 Å². The van der Waals surface area contributed by atoms with E-state index >= 15 is 0 Å². The number of methoxy groups -OCH3 is 1. The molecule has 1 unspecified atom stereocenters. The first-order chi connectivity index (χ1) is 16.7. The molecule has 1 heterocycles. The zero-order valence-corrected chi connectivity index (χ0v) is 20.3. The molecule has 0 saturated heterocycles. The van der Waals surface area contributed by atoms with E-state index in [1.165, 1.54) is 0 Å². The molecule has 4 rings (SSSR count). The maximum absolute atomic E-state index is 13.4. The van der Waals surface area contributed by atoms with Crippen LogP contribution in [0.25, 0.3) is 0 Å². The lowest BCUT2D eigenvalue weighted by molar-refractivity contribution is -0.139. The average molecular weight is 476 g/mol. The molecule has 7 nitrogen and oxygen atoms in total. The van der Waals surface area contributed by atoms with Gasteiger partial charge in [0.1, 0.15) is 17.1 Å². The van der Waals surface area contributed by atoms with Gasteiger partial charge in [0, 0.05) is 24.0 Å². The number of carbonyl (C=O) groups excluding carboxylic acids is 3. The number of rotatable bonds is 6. The highest BCUT2D eigenvalue weighted by molar-refractivity contribution is 6.04. The third-order valence-corrected chi connectivity index (χ3v) is 6.13. The van der Waals surface area contributed by atoms with Crippen LogP contribution in [0.4, 0.5) is 0 Å². The Kier molecular flexibility index (Phi) is 6.78. The first-order valence-corrected chi connectivity index (χ1v) is 11.6. The summed E-state index contributed by atoms with van der Waals surface area (Å²) < 4.78 is 16.7. The van der Waals surface area contributed by atoms with Crippen LogP contribution in [0.5, 0.6) is 5.75 Å². The molecular formula is C28H29NO6. The molecule has 1 aliphatic heterocycles. The fourth-order valence-electron chi connectivity index (χ4n) is 4.55. The van der Waals surface area contributed by atoms with Gasteiger partial charge in [-0.15, -0.1) is 0 Å². The summed E-state index contributed by atoms with van der Waals surface area (Å²) >= 11 is 0. The smallest absolute Gasteiger partial charge is 0.340 e. The second-order valence-electron chi connectivity index (χ2n) is 9.37. The van der Waals surface area contributed by atoms with Crippen molar-refractivity contribution in [2.75, 3.05) is 13.7 Å². The Labute approximate surface area is 204 Å². The summed E-state index contributed by atoms with van der Waals surface area (Å²) in [6.45, 7) is 5.83. The quantitative estimate of drug-likeness (QED) is 0.612. The summed E-state index contributed by atoms with van der Waals surface area (Å²) in [6.07, 6.45) is 0.831. The van der Waals surface area contributed by atoms with Crippen molar-refractivity contribution in [2.24, 2.45) is 5.41 Å². The van der Waals surface area contributed by atoms with Crippen LogP contribution in [0.2, 0.25) is 0 Å². The summed E-state index contributed by atoms with van der Waals surface area (Å²) in [5.41, 5.74) is 1.34. The number of ether oxygens (including phenoxy) is 3. The number of hydrogen-bond donors (Lipinski definition) is 1. The van der Waals surface area contributed by atoms with Gasteiger partial charge in [-0.2, -0.15) is 0 Å². The molecule has 0 bridgehead atoms. The van der Waals surface area contributed by atoms with Crippen molar-refractivity contribution in [3.8, 4) is 5.75 Å². The first kappa shape index (κ1) is 24.3. The highest BCUT2D eigenvalue weighted by atomic mass is 16.5. The molecule has 0 saturated carbocycles. The summed E-state index contributed by atoms with van der Waals surface area (Å²) in [5, 5.41) is 2.77. The number of amides is 1. The molecule has 2 aromatic carbocycles. The van der Waals surface area contributed by atoms with Crippen molar-refractivity contribution < 1.29 is 28.6 Å². The van der Waals surface area contributed by atoms with E-state index < -0.39 is 17.8 Å². The highest BCUT2D eigenvalue weighted by Gasteiger charge is 2.45. The van der Waals surface area contributed by atoms with Crippen LogP contribution >= 0.6 is 0 Å². The maximum Gasteiger partial charge on any atom is 0.340 e. The second kappa shape index (κ2) is 9.78. The summed E-state index contributed by atoms with van der Waals surface area (Å²) in [4.78, 5) is 39.7. The zero-order valence-electron chi connectivity index (χ0n) is 20.3. The van der Waals surface area contributed by atoms with E-state index in [-0.39, 0.29) is 29.3 Å². The third kappa shape index (κ3) is 4.99. The lowest BCUT2D eigenvalue weighted by atomic mass is 9.70. The number of ketones is 1. The Morgan fingerprint density at radius 1 is 1.06 bits per heavy atom. The van der Waals surface area contributed by atoms with E-state index in [9.17, 15) is 14.4 Å². The topological polar surface area (TPSA) is 90.9 Å². The van der Waals surface area contributed by atoms with Crippen LogP contribution in [-0.4, -0.2) is 31.4 Å². The van der Waals surface area contributed by atoms with E-state index in [4.69, 9.17) is 14.2 Å². The van der Waals surface area contributed by atoms with Gasteiger partial charge in [0.25, 0.3) is 5.91 Å². The van der Waals surface area contributed by atoms with Gasteiger partial charge in [0.2, 0.25) is 5.88 Å². The average Bonchev–Trinajstić information content (AvgIpc) is 2.83. The molecule has 1 aliphatic carbocycles. The fourth-order valence-corrected chi connectivity index (χ4v) is 4.55. The van der Waals surface area contributed by atoms with Crippen LogP contribution in [0.1, 0.15) is 55.5 Å². The predicted octanol–water partition coefficient (Wildman–Crippen LogP) is 4.66. The van der Waals surface area contributed by atoms with Crippen LogP contribution in [0.3, 0.4) is 0 Å². The molecule has 0 fully saturated rings. The van der Waals surface area contributed by atoms with Crippen molar-refractivity contribution in [1.29, 1.82) is 0 Å². The lowest BCUT2D eigenvalue weighted by Crippen LogP contribution is -2.38. The normalized spacial score (nSPS) is 19.0. The minimum absolute atomic E-state index is 0.0117. The molecule has 1 N–H and O–H groups in total. The highest BCUT2D eigenvalue weighted by Crippen LogP contribution is 2.48. The van der Waals surface area contributed by atoms with Crippen molar-refractivity contribution in [1.82, 2.24) is 5.32 Å². The lowest BCUT2D eigenvalue weighted by Gasteiger charge is -2.38. The maximum atomic E-state index is 13.4. The minimum atomic E-state index is -0.714. The van der Waals surface area contributed by atoms with Gasteiger partial charge in [-0.1, -0.05) is 44.2 Å². The molecule has 0 spiro atoms. The molecule has 0 radical (unpaired) electrons. The Morgan fingerprint density at radius 2 is 1.74 bits per heavy atom. The SMILES string of the molecule is CCOC(=O)C1=C(NC(=O)c2ccc(OC)cc2)OC2=C(C(=O)CC(C)(C)C2)C1c1ccccc1. The van der Waals surface area contributed by atoms with Crippen LogP contribution in [0, 0.1) is 5.41 Å². The number of hydrogen-bond acceptors (Lipinski definition) is 6. The van der Waals surface area contributed by atoms with Crippen LogP contribution < -0.4 is 10.1 Å². The summed E-state index contributed by atoms with van der Waals surface area (Å²) in [6, 6.07) is 15.9. The molecule has 35 heavy (non-hydrogen) atoms. The van der Waals surface area contributed by atoms with Gasteiger partial charge >= 0.3 is 5.97 Å². The van der Waals surface area contributed by atoms with Gasteiger partial charge < -0.3 is 14.2 Å². The van der Waals surface area contributed by atoms with Crippen molar-refractivity contribution >= 4 is 17.7 Å². The number of esters is 1. The van der Waals surface area contributed by atoms with E-state index in [0.717, 1.165) is 5.56 Å². The zero-order chi connectivity index (χ0) is 25.2. The van der Waals surface area contributed by atoms with E-state index in [1.807, 2.05) is 44.2 Å². The Balaban J connectivity index is 1.83.